The number of rotatable bonds is 7. The van der Waals surface area contributed by atoms with E-state index >= 15 is 0 Å². The molecule has 1 aliphatic heterocycles. The average Bonchev–Trinajstić information content (AvgIpc) is 2.81. The summed E-state index contributed by atoms with van der Waals surface area (Å²) < 4.78 is 0. The molecule has 1 aliphatic rings. The van der Waals surface area contributed by atoms with Gasteiger partial charge < -0.3 is 10.6 Å². The lowest BCUT2D eigenvalue weighted by Crippen LogP contribution is -2.18. The second-order valence-corrected chi connectivity index (χ2v) is 4.88. The highest BCUT2D eigenvalue weighted by atomic mass is 14.9. The Balaban J connectivity index is 1.69. The topological polar surface area (TPSA) is 24.1 Å². The summed E-state index contributed by atoms with van der Waals surface area (Å²) in [5.41, 5.74) is 4.30. The molecule has 0 saturated carbocycles. The van der Waals surface area contributed by atoms with E-state index in [0.29, 0.717) is 0 Å². The van der Waals surface area contributed by atoms with Gasteiger partial charge in [0.1, 0.15) is 0 Å². The molecule has 0 amide bonds. The predicted octanol–water partition coefficient (Wildman–Crippen LogP) is 2.98. The van der Waals surface area contributed by atoms with Crippen LogP contribution < -0.4 is 10.6 Å². The van der Waals surface area contributed by atoms with Crippen LogP contribution in [0.4, 0.5) is 5.69 Å². The Bertz CT molecular complexity index is 347. The van der Waals surface area contributed by atoms with E-state index in [4.69, 9.17) is 0 Å². The third-order valence-electron chi connectivity index (χ3n) is 3.43. The molecule has 0 spiro atoms. The standard InChI is InChI=1S/C15H24N2/c1-2-3-4-9-16-10-7-13-5-6-15-14(12-13)8-11-17-15/h5-6,12,16-17H,2-4,7-11H2,1H3. The summed E-state index contributed by atoms with van der Waals surface area (Å²) in [6.45, 7) is 5.63. The molecule has 0 saturated heterocycles. The number of hydrogen-bond donors (Lipinski definition) is 2. The molecule has 2 N–H and O–H groups in total. The van der Waals surface area contributed by atoms with Crippen molar-refractivity contribution in [2.24, 2.45) is 0 Å². The molecule has 2 nitrogen and oxygen atoms in total. The van der Waals surface area contributed by atoms with Crippen LogP contribution in [0.2, 0.25) is 0 Å². The monoisotopic (exact) mass is 232 g/mol. The van der Waals surface area contributed by atoms with E-state index in [1.807, 2.05) is 0 Å². The Kier molecular flexibility index (Phi) is 4.87. The molecule has 0 aliphatic carbocycles. The van der Waals surface area contributed by atoms with Crippen molar-refractivity contribution in [1.82, 2.24) is 5.32 Å². The molecule has 1 heterocycles. The Morgan fingerprint density at radius 2 is 2.18 bits per heavy atom. The Morgan fingerprint density at radius 1 is 1.24 bits per heavy atom. The van der Waals surface area contributed by atoms with Gasteiger partial charge in [-0.2, -0.15) is 0 Å². The molecular weight excluding hydrogens is 208 g/mol. The van der Waals surface area contributed by atoms with Crippen molar-refractivity contribution in [3.05, 3.63) is 29.3 Å². The van der Waals surface area contributed by atoms with E-state index in [-0.39, 0.29) is 0 Å². The van der Waals surface area contributed by atoms with E-state index in [1.54, 1.807) is 0 Å². The van der Waals surface area contributed by atoms with E-state index in [9.17, 15) is 0 Å². The van der Waals surface area contributed by atoms with Gasteiger partial charge in [-0.15, -0.1) is 0 Å². The van der Waals surface area contributed by atoms with Gasteiger partial charge in [0.15, 0.2) is 0 Å². The lowest BCUT2D eigenvalue weighted by molar-refractivity contribution is 0.617. The van der Waals surface area contributed by atoms with Crippen LogP contribution in [0.15, 0.2) is 18.2 Å². The lowest BCUT2D eigenvalue weighted by atomic mass is 10.1. The number of hydrogen-bond acceptors (Lipinski definition) is 2. The molecule has 2 rings (SSSR count). The normalized spacial score (nSPS) is 13.5. The van der Waals surface area contributed by atoms with Crippen molar-refractivity contribution in [2.75, 3.05) is 25.0 Å². The summed E-state index contributed by atoms with van der Waals surface area (Å²) in [7, 11) is 0. The van der Waals surface area contributed by atoms with Gasteiger partial charge in [-0.3, -0.25) is 0 Å². The first-order chi connectivity index (χ1) is 8.40. The number of fused-ring (bicyclic) bond motifs is 1. The summed E-state index contributed by atoms with van der Waals surface area (Å²) in [4.78, 5) is 0. The second-order valence-electron chi connectivity index (χ2n) is 4.88. The quantitative estimate of drug-likeness (QED) is 0.706. The van der Waals surface area contributed by atoms with Crippen molar-refractivity contribution in [1.29, 1.82) is 0 Å². The summed E-state index contributed by atoms with van der Waals surface area (Å²) in [5.74, 6) is 0. The fourth-order valence-corrected chi connectivity index (χ4v) is 2.37. The molecular formula is C15H24N2. The molecule has 2 heteroatoms. The largest absolute Gasteiger partial charge is 0.384 e. The minimum absolute atomic E-state index is 1.11. The minimum atomic E-state index is 1.11. The Morgan fingerprint density at radius 3 is 3.06 bits per heavy atom. The lowest BCUT2D eigenvalue weighted by Gasteiger charge is -2.06. The van der Waals surface area contributed by atoms with E-state index < -0.39 is 0 Å². The third kappa shape index (κ3) is 3.74. The maximum atomic E-state index is 3.52. The fraction of sp³-hybridized carbons (Fsp3) is 0.600. The highest BCUT2D eigenvalue weighted by Crippen LogP contribution is 2.22. The molecule has 0 aromatic heterocycles. The number of unbranched alkanes of at least 4 members (excludes halogenated alkanes) is 2. The molecule has 1 aromatic rings. The molecule has 17 heavy (non-hydrogen) atoms. The van der Waals surface area contributed by atoms with Gasteiger partial charge in [0, 0.05) is 12.2 Å². The first kappa shape index (κ1) is 12.4. The number of benzene rings is 1. The summed E-state index contributed by atoms with van der Waals surface area (Å²) >= 11 is 0. The molecule has 0 unspecified atom stereocenters. The Labute approximate surface area is 105 Å². The zero-order chi connectivity index (χ0) is 11.9. The zero-order valence-corrected chi connectivity index (χ0v) is 10.9. The highest BCUT2D eigenvalue weighted by molar-refractivity contribution is 5.56. The van der Waals surface area contributed by atoms with Gasteiger partial charge >= 0.3 is 0 Å². The van der Waals surface area contributed by atoms with Crippen LogP contribution in [0.25, 0.3) is 0 Å². The minimum Gasteiger partial charge on any atom is -0.384 e. The Hall–Kier alpha value is -1.02. The van der Waals surface area contributed by atoms with Crippen molar-refractivity contribution in [2.45, 2.75) is 39.0 Å². The SMILES string of the molecule is CCCCCNCCc1ccc2c(c1)CCN2. The molecule has 0 atom stereocenters. The highest BCUT2D eigenvalue weighted by Gasteiger charge is 2.09. The number of anilines is 1. The van der Waals surface area contributed by atoms with Gasteiger partial charge in [-0.05, 0) is 49.5 Å². The van der Waals surface area contributed by atoms with E-state index in [0.717, 1.165) is 19.5 Å². The summed E-state index contributed by atoms with van der Waals surface area (Å²) in [5, 5.41) is 6.92. The van der Waals surface area contributed by atoms with Gasteiger partial charge in [0.05, 0.1) is 0 Å². The number of nitrogens with one attached hydrogen (secondary N) is 2. The predicted molar refractivity (Wildman–Crippen MR) is 74.7 cm³/mol. The summed E-state index contributed by atoms with van der Waals surface area (Å²) in [6.07, 6.45) is 6.30. The first-order valence-electron chi connectivity index (χ1n) is 6.96. The van der Waals surface area contributed by atoms with Gasteiger partial charge in [-0.25, -0.2) is 0 Å². The molecule has 94 valence electrons. The van der Waals surface area contributed by atoms with Crippen LogP contribution >= 0.6 is 0 Å². The van der Waals surface area contributed by atoms with Crippen LogP contribution in [0.3, 0.4) is 0 Å². The van der Waals surface area contributed by atoms with E-state index in [1.165, 1.54) is 49.0 Å². The van der Waals surface area contributed by atoms with Gasteiger partial charge in [0.2, 0.25) is 0 Å². The maximum absolute atomic E-state index is 3.52. The van der Waals surface area contributed by atoms with Gasteiger partial charge in [0.25, 0.3) is 0 Å². The summed E-state index contributed by atoms with van der Waals surface area (Å²) in [6, 6.07) is 6.85. The molecule has 1 aromatic carbocycles. The van der Waals surface area contributed by atoms with Crippen LogP contribution in [0, 0.1) is 0 Å². The third-order valence-corrected chi connectivity index (χ3v) is 3.43. The maximum Gasteiger partial charge on any atom is 0.0373 e. The molecule has 0 radical (unpaired) electrons. The van der Waals surface area contributed by atoms with E-state index in [2.05, 4.69) is 35.8 Å². The average molecular weight is 232 g/mol. The van der Waals surface area contributed by atoms with Crippen LogP contribution in [0.5, 0.6) is 0 Å². The van der Waals surface area contributed by atoms with Crippen molar-refractivity contribution < 1.29 is 0 Å². The smallest absolute Gasteiger partial charge is 0.0373 e. The molecule has 0 bridgehead atoms. The van der Waals surface area contributed by atoms with Crippen molar-refractivity contribution >= 4 is 5.69 Å². The fourth-order valence-electron chi connectivity index (χ4n) is 2.37. The van der Waals surface area contributed by atoms with Crippen molar-refractivity contribution in [3.8, 4) is 0 Å². The first-order valence-corrected chi connectivity index (χ1v) is 6.96. The van der Waals surface area contributed by atoms with Crippen molar-refractivity contribution in [3.63, 3.8) is 0 Å². The second kappa shape index (κ2) is 6.65. The van der Waals surface area contributed by atoms with Crippen LogP contribution in [-0.4, -0.2) is 19.6 Å². The van der Waals surface area contributed by atoms with Crippen LogP contribution in [0.1, 0.15) is 37.3 Å². The molecule has 0 fully saturated rings. The van der Waals surface area contributed by atoms with Gasteiger partial charge in [-0.1, -0.05) is 31.9 Å². The van der Waals surface area contributed by atoms with Crippen LogP contribution in [-0.2, 0) is 12.8 Å². The zero-order valence-electron chi connectivity index (χ0n) is 10.9.